The van der Waals surface area contributed by atoms with Crippen LogP contribution in [0.5, 0.6) is 0 Å². The average molecular weight is 383 g/mol. The number of hydrogen-bond acceptors (Lipinski definition) is 5. The number of piperazine rings is 1. The summed E-state index contributed by atoms with van der Waals surface area (Å²) in [5.41, 5.74) is 0.527. The molecule has 6 nitrogen and oxygen atoms in total. The number of alkyl halides is 3. The lowest BCUT2D eigenvalue weighted by Crippen LogP contribution is -2.45. The molecule has 2 rings (SSSR count). The number of benzene rings is 1. The number of hydrogen-bond donors (Lipinski definition) is 0. The van der Waals surface area contributed by atoms with Gasteiger partial charge in [-0.15, -0.1) is 6.42 Å². The number of carbonyl (C=O) groups is 2. The van der Waals surface area contributed by atoms with E-state index in [1.165, 1.54) is 18.2 Å². The highest BCUT2D eigenvalue weighted by Crippen LogP contribution is 2.29. The van der Waals surface area contributed by atoms with Crippen molar-refractivity contribution in [3.05, 3.63) is 23.8 Å². The Balaban J connectivity index is 2.38. The predicted molar refractivity (Wildman–Crippen MR) is 94.7 cm³/mol. The Morgan fingerprint density at radius 3 is 2.44 bits per heavy atom. The van der Waals surface area contributed by atoms with Crippen LogP contribution in [-0.2, 0) is 9.53 Å². The first-order valence-electron chi connectivity index (χ1n) is 8.18. The van der Waals surface area contributed by atoms with E-state index in [1.807, 2.05) is 11.9 Å². The number of nitrogens with zero attached hydrogens (tertiary/aromatic N) is 3. The van der Waals surface area contributed by atoms with Crippen molar-refractivity contribution in [3.8, 4) is 12.3 Å². The zero-order chi connectivity index (χ0) is 20.2. The van der Waals surface area contributed by atoms with Gasteiger partial charge in [0.2, 0.25) is 0 Å². The Hall–Kier alpha value is -2.73. The minimum Gasteiger partial charge on any atom is -0.449 e. The van der Waals surface area contributed by atoms with Crippen LogP contribution < -0.4 is 9.80 Å². The Labute approximate surface area is 155 Å². The number of amides is 1. The van der Waals surface area contributed by atoms with Gasteiger partial charge in [0.05, 0.1) is 11.3 Å². The molecule has 0 N–H and O–H groups in total. The molecule has 0 radical (unpaired) electrons. The molecular weight excluding hydrogens is 363 g/mol. The van der Waals surface area contributed by atoms with Gasteiger partial charge in [0, 0.05) is 38.9 Å². The molecule has 1 aliphatic heterocycles. The molecule has 0 atom stereocenters. The number of esters is 1. The van der Waals surface area contributed by atoms with Gasteiger partial charge in [0.1, 0.15) is 0 Å². The molecule has 1 heterocycles. The van der Waals surface area contributed by atoms with Crippen molar-refractivity contribution in [2.45, 2.75) is 6.18 Å². The normalized spacial score (nSPS) is 15.2. The highest BCUT2D eigenvalue weighted by molar-refractivity contribution is 6.01. The van der Waals surface area contributed by atoms with Crippen molar-refractivity contribution in [3.63, 3.8) is 0 Å². The molecule has 1 saturated heterocycles. The lowest BCUT2D eigenvalue weighted by molar-refractivity contribution is -0.170. The maximum absolute atomic E-state index is 12.7. The maximum Gasteiger partial charge on any atom is 0.471 e. The van der Waals surface area contributed by atoms with E-state index in [4.69, 9.17) is 11.2 Å². The van der Waals surface area contributed by atoms with Crippen LogP contribution in [0.25, 0.3) is 0 Å². The fourth-order valence-corrected chi connectivity index (χ4v) is 2.71. The molecule has 9 heteroatoms. The molecule has 1 aromatic rings. The lowest BCUT2D eigenvalue weighted by atomic mass is 10.1. The summed E-state index contributed by atoms with van der Waals surface area (Å²) in [7, 11) is 2.97. The van der Waals surface area contributed by atoms with Gasteiger partial charge in [-0.05, 0) is 25.2 Å². The molecule has 0 unspecified atom stereocenters. The third kappa shape index (κ3) is 4.92. The molecule has 1 amide bonds. The second-order valence-corrected chi connectivity index (χ2v) is 6.13. The van der Waals surface area contributed by atoms with E-state index >= 15 is 0 Å². The highest BCUT2D eigenvalue weighted by atomic mass is 19.4. The minimum absolute atomic E-state index is 0.0640. The van der Waals surface area contributed by atoms with Gasteiger partial charge < -0.3 is 19.4 Å². The van der Waals surface area contributed by atoms with Gasteiger partial charge in [-0.3, -0.25) is 4.79 Å². The van der Waals surface area contributed by atoms with E-state index in [-0.39, 0.29) is 17.9 Å². The fraction of sp³-hybridized carbons (Fsp3) is 0.444. The molecule has 0 aromatic heterocycles. The monoisotopic (exact) mass is 383 g/mol. The van der Waals surface area contributed by atoms with Gasteiger partial charge in [-0.1, -0.05) is 5.92 Å². The van der Waals surface area contributed by atoms with Crippen molar-refractivity contribution in [1.82, 2.24) is 4.90 Å². The first kappa shape index (κ1) is 20.6. The van der Waals surface area contributed by atoms with Crippen LogP contribution in [0.1, 0.15) is 10.4 Å². The molecule has 1 aromatic carbocycles. The summed E-state index contributed by atoms with van der Waals surface area (Å²) in [5.74, 6) is -0.611. The summed E-state index contributed by atoms with van der Waals surface area (Å²) in [6, 6.07) is 4.11. The van der Waals surface area contributed by atoms with Crippen LogP contribution in [0.4, 0.5) is 24.5 Å². The molecule has 1 aliphatic rings. The van der Waals surface area contributed by atoms with Crippen LogP contribution >= 0.6 is 0 Å². The predicted octanol–water partition coefficient (Wildman–Crippen LogP) is 1.75. The second kappa shape index (κ2) is 8.31. The molecule has 0 spiro atoms. The van der Waals surface area contributed by atoms with Crippen molar-refractivity contribution in [2.24, 2.45) is 0 Å². The Morgan fingerprint density at radius 2 is 1.89 bits per heavy atom. The van der Waals surface area contributed by atoms with Crippen LogP contribution in [-0.4, -0.2) is 69.8 Å². The number of rotatable bonds is 4. The summed E-state index contributed by atoms with van der Waals surface area (Å²) < 4.78 is 43.1. The topological polar surface area (TPSA) is 53.1 Å². The van der Waals surface area contributed by atoms with Crippen molar-refractivity contribution in [2.75, 3.05) is 56.7 Å². The molecule has 146 valence electrons. The highest BCUT2D eigenvalue weighted by Gasteiger charge is 2.42. The molecule has 0 aliphatic carbocycles. The Morgan fingerprint density at radius 1 is 1.26 bits per heavy atom. The fourth-order valence-electron chi connectivity index (χ4n) is 2.71. The van der Waals surface area contributed by atoms with Gasteiger partial charge in [0.25, 0.3) is 0 Å². The SMILES string of the molecule is C#CCOC(=O)c1cc(N(C)C(=O)C(F)(F)F)ccc1N1CCN(C)CC1. The van der Waals surface area contributed by atoms with Crippen molar-refractivity contribution >= 4 is 23.3 Å². The van der Waals surface area contributed by atoms with Gasteiger partial charge in [-0.2, -0.15) is 13.2 Å². The van der Waals surface area contributed by atoms with E-state index in [9.17, 15) is 22.8 Å². The first-order valence-corrected chi connectivity index (χ1v) is 8.18. The quantitative estimate of drug-likeness (QED) is 0.586. The second-order valence-electron chi connectivity index (χ2n) is 6.13. The summed E-state index contributed by atoms with van der Waals surface area (Å²) in [5, 5.41) is 0. The van der Waals surface area contributed by atoms with Gasteiger partial charge in [0.15, 0.2) is 6.61 Å². The van der Waals surface area contributed by atoms with E-state index in [0.717, 1.165) is 20.1 Å². The largest absolute Gasteiger partial charge is 0.471 e. The van der Waals surface area contributed by atoms with Crippen LogP contribution in [0, 0.1) is 12.3 Å². The number of anilines is 2. The Bertz CT molecular complexity index is 750. The summed E-state index contributed by atoms with van der Waals surface area (Å²) in [6.45, 7) is 2.56. The summed E-state index contributed by atoms with van der Waals surface area (Å²) in [6.07, 6.45) is 0.0769. The lowest BCUT2D eigenvalue weighted by Gasteiger charge is -2.35. The maximum atomic E-state index is 12.7. The first-order chi connectivity index (χ1) is 12.6. The van der Waals surface area contributed by atoms with E-state index in [2.05, 4.69) is 10.8 Å². The Kier molecular flexibility index (Phi) is 6.33. The van der Waals surface area contributed by atoms with E-state index < -0.39 is 18.1 Å². The number of carbonyl (C=O) groups excluding carboxylic acids is 2. The molecule has 0 bridgehead atoms. The number of ether oxygens (including phenoxy) is 1. The zero-order valence-electron chi connectivity index (χ0n) is 15.0. The van der Waals surface area contributed by atoms with E-state index in [0.29, 0.717) is 23.7 Å². The minimum atomic E-state index is -5.02. The van der Waals surface area contributed by atoms with Crippen molar-refractivity contribution < 1.29 is 27.5 Å². The van der Waals surface area contributed by atoms with Gasteiger partial charge in [-0.25, -0.2) is 4.79 Å². The molecule has 0 saturated carbocycles. The summed E-state index contributed by atoms with van der Waals surface area (Å²) in [4.78, 5) is 28.4. The van der Waals surface area contributed by atoms with Crippen LogP contribution in [0.15, 0.2) is 18.2 Å². The van der Waals surface area contributed by atoms with Crippen LogP contribution in [0.3, 0.4) is 0 Å². The number of terminal acetylenes is 1. The van der Waals surface area contributed by atoms with Crippen molar-refractivity contribution in [1.29, 1.82) is 0 Å². The standard InChI is InChI=1S/C18H20F3N3O3/c1-4-11-27-16(25)14-12-13(23(3)17(26)18(19,20)21)5-6-15(14)24-9-7-22(2)8-10-24/h1,5-6,12H,7-11H2,2-3H3. The molecular formula is C18H20F3N3O3. The number of halogens is 3. The molecule has 1 fully saturated rings. The number of likely N-dealkylation sites (N-methyl/N-ethyl adjacent to an activating group) is 1. The van der Waals surface area contributed by atoms with E-state index in [1.54, 1.807) is 0 Å². The van der Waals surface area contributed by atoms with Gasteiger partial charge >= 0.3 is 18.1 Å². The summed E-state index contributed by atoms with van der Waals surface area (Å²) >= 11 is 0. The molecule has 27 heavy (non-hydrogen) atoms. The smallest absolute Gasteiger partial charge is 0.449 e. The zero-order valence-corrected chi connectivity index (χ0v) is 15.0. The third-order valence-corrected chi connectivity index (χ3v) is 4.27. The van der Waals surface area contributed by atoms with Crippen LogP contribution in [0.2, 0.25) is 0 Å². The average Bonchev–Trinajstić information content (AvgIpc) is 2.64. The third-order valence-electron chi connectivity index (χ3n) is 4.27.